The second-order valence-electron chi connectivity index (χ2n) is 3.94. The van der Waals surface area contributed by atoms with Gasteiger partial charge in [-0.3, -0.25) is 4.79 Å². The Labute approximate surface area is 85.9 Å². The predicted molar refractivity (Wildman–Crippen MR) is 56.7 cm³/mol. The minimum absolute atomic E-state index is 0.00720. The molecule has 0 radical (unpaired) electrons. The van der Waals surface area contributed by atoms with Gasteiger partial charge in [0, 0.05) is 25.6 Å². The van der Waals surface area contributed by atoms with Crippen LogP contribution in [0.4, 0.5) is 0 Å². The monoisotopic (exact) mass is 194 g/mol. The largest absolute Gasteiger partial charge is 0.340 e. The minimum atomic E-state index is 0.00720. The summed E-state index contributed by atoms with van der Waals surface area (Å²) in [5.74, 6) is 2.76. The molecule has 1 heterocycles. The molecule has 1 rings (SSSR count). The maximum Gasteiger partial charge on any atom is 0.239 e. The van der Waals surface area contributed by atoms with E-state index in [1.54, 1.807) is 0 Å². The highest BCUT2D eigenvalue weighted by atomic mass is 16.2. The van der Waals surface area contributed by atoms with Crippen molar-refractivity contribution in [2.45, 2.75) is 38.8 Å². The molecule has 0 aromatic heterocycles. The van der Waals surface area contributed by atoms with E-state index in [1.165, 1.54) is 0 Å². The molecular formula is C11H18N2O. The van der Waals surface area contributed by atoms with Crippen LogP contribution < -0.4 is 5.32 Å². The van der Waals surface area contributed by atoms with Crippen molar-refractivity contribution in [1.29, 1.82) is 0 Å². The summed E-state index contributed by atoms with van der Waals surface area (Å²) in [5.41, 5.74) is 0. The van der Waals surface area contributed by atoms with Gasteiger partial charge in [0.25, 0.3) is 0 Å². The molecule has 1 saturated heterocycles. The van der Waals surface area contributed by atoms with Gasteiger partial charge >= 0.3 is 0 Å². The fraction of sp³-hybridized carbons (Fsp3) is 0.727. The van der Waals surface area contributed by atoms with Crippen molar-refractivity contribution in [2.24, 2.45) is 0 Å². The Kier molecular flexibility index (Phi) is 3.97. The first-order valence-electron chi connectivity index (χ1n) is 5.13. The Hall–Kier alpha value is -1.01. The molecule has 1 fully saturated rings. The fourth-order valence-electron chi connectivity index (χ4n) is 1.72. The first-order valence-corrected chi connectivity index (χ1v) is 5.13. The molecule has 78 valence electrons. The van der Waals surface area contributed by atoms with E-state index in [4.69, 9.17) is 6.42 Å². The zero-order valence-electron chi connectivity index (χ0n) is 8.92. The SMILES string of the molecule is C#CCCN1CCC(NC(C)C)C1=O. The number of carbonyl (C=O) groups excluding carboxylic acids is 1. The van der Waals surface area contributed by atoms with Gasteiger partial charge in [0.1, 0.15) is 0 Å². The Morgan fingerprint density at radius 3 is 3.00 bits per heavy atom. The topological polar surface area (TPSA) is 32.3 Å². The molecule has 0 saturated carbocycles. The van der Waals surface area contributed by atoms with Crippen molar-refractivity contribution in [3.05, 3.63) is 0 Å². The quantitative estimate of drug-likeness (QED) is 0.665. The number of carbonyl (C=O) groups is 1. The smallest absolute Gasteiger partial charge is 0.239 e. The molecule has 14 heavy (non-hydrogen) atoms. The number of terminal acetylenes is 1. The molecule has 1 aliphatic rings. The van der Waals surface area contributed by atoms with Gasteiger partial charge in [-0.15, -0.1) is 12.3 Å². The van der Waals surface area contributed by atoms with Crippen LogP contribution in [0.5, 0.6) is 0 Å². The third kappa shape index (κ3) is 2.74. The van der Waals surface area contributed by atoms with Crippen LogP contribution in [-0.2, 0) is 4.79 Å². The summed E-state index contributed by atoms with van der Waals surface area (Å²) in [6, 6.07) is 0.365. The molecule has 0 bridgehead atoms. The third-order valence-electron chi connectivity index (χ3n) is 2.36. The van der Waals surface area contributed by atoms with Gasteiger partial charge in [-0.1, -0.05) is 13.8 Å². The summed E-state index contributed by atoms with van der Waals surface area (Å²) in [6.45, 7) is 5.64. The van der Waals surface area contributed by atoms with E-state index in [0.29, 0.717) is 19.0 Å². The number of nitrogens with one attached hydrogen (secondary N) is 1. The molecule has 1 N–H and O–H groups in total. The lowest BCUT2D eigenvalue weighted by molar-refractivity contribution is -0.129. The average Bonchev–Trinajstić information content (AvgIpc) is 2.45. The summed E-state index contributed by atoms with van der Waals surface area (Å²) in [6.07, 6.45) is 6.72. The number of amides is 1. The fourth-order valence-corrected chi connectivity index (χ4v) is 1.72. The van der Waals surface area contributed by atoms with E-state index >= 15 is 0 Å². The summed E-state index contributed by atoms with van der Waals surface area (Å²) in [5, 5.41) is 3.25. The Morgan fingerprint density at radius 1 is 1.71 bits per heavy atom. The van der Waals surface area contributed by atoms with Crippen molar-refractivity contribution in [1.82, 2.24) is 10.2 Å². The van der Waals surface area contributed by atoms with Crippen LogP contribution in [0.15, 0.2) is 0 Å². The van der Waals surface area contributed by atoms with Gasteiger partial charge < -0.3 is 10.2 Å². The molecule has 0 aromatic carbocycles. The van der Waals surface area contributed by atoms with E-state index in [2.05, 4.69) is 25.1 Å². The average molecular weight is 194 g/mol. The highest BCUT2D eigenvalue weighted by Gasteiger charge is 2.30. The Balaban J connectivity index is 2.40. The van der Waals surface area contributed by atoms with Crippen LogP contribution >= 0.6 is 0 Å². The van der Waals surface area contributed by atoms with Gasteiger partial charge in [-0.05, 0) is 6.42 Å². The highest BCUT2D eigenvalue weighted by molar-refractivity contribution is 5.84. The lowest BCUT2D eigenvalue weighted by Gasteiger charge is -2.17. The predicted octanol–water partition coefficient (Wildman–Crippen LogP) is 0.609. The van der Waals surface area contributed by atoms with E-state index in [1.807, 2.05) is 4.90 Å². The first-order chi connectivity index (χ1) is 6.65. The number of hydrogen-bond donors (Lipinski definition) is 1. The van der Waals surface area contributed by atoms with E-state index in [-0.39, 0.29) is 11.9 Å². The van der Waals surface area contributed by atoms with Crippen LogP contribution in [0.2, 0.25) is 0 Å². The van der Waals surface area contributed by atoms with E-state index in [9.17, 15) is 4.79 Å². The molecule has 1 atom stereocenters. The summed E-state index contributed by atoms with van der Waals surface area (Å²) < 4.78 is 0. The summed E-state index contributed by atoms with van der Waals surface area (Å²) in [7, 11) is 0. The van der Waals surface area contributed by atoms with Crippen molar-refractivity contribution >= 4 is 5.91 Å². The van der Waals surface area contributed by atoms with Crippen LogP contribution in [0.25, 0.3) is 0 Å². The van der Waals surface area contributed by atoms with Crippen molar-refractivity contribution < 1.29 is 4.79 Å². The van der Waals surface area contributed by atoms with Gasteiger partial charge in [0.05, 0.1) is 6.04 Å². The van der Waals surface area contributed by atoms with Gasteiger partial charge in [-0.25, -0.2) is 0 Å². The van der Waals surface area contributed by atoms with Crippen molar-refractivity contribution in [2.75, 3.05) is 13.1 Å². The van der Waals surface area contributed by atoms with Gasteiger partial charge in [0.15, 0.2) is 0 Å². The number of rotatable bonds is 4. The lowest BCUT2D eigenvalue weighted by Crippen LogP contribution is -2.41. The standard InChI is InChI=1S/C11H18N2O/c1-4-5-7-13-8-6-10(11(13)14)12-9(2)3/h1,9-10,12H,5-8H2,2-3H3. The molecular weight excluding hydrogens is 176 g/mol. The van der Waals surface area contributed by atoms with Crippen molar-refractivity contribution in [3.63, 3.8) is 0 Å². The van der Waals surface area contributed by atoms with E-state index < -0.39 is 0 Å². The lowest BCUT2D eigenvalue weighted by atomic mass is 10.2. The molecule has 0 aliphatic carbocycles. The molecule has 3 nitrogen and oxygen atoms in total. The summed E-state index contributed by atoms with van der Waals surface area (Å²) in [4.78, 5) is 13.6. The minimum Gasteiger partial charge on any atom is -0.340 e. The molecule has 1 amide bonds. The molecule has 3 heteroatoms. The van der Waals surface area contributed by atoms with Crippen LogP contribution in [-0.4, -0.2) is 36.0 Å². The summed E-state index contributed by atoms with van der Waals surface area (Å²) >= 11 is 0. The van der Waals surface area contributed by atoms with E-state index in [0.717, 1.165) is 13.0 Å². The molecule has 1 aliphatic heterocycles. The molecule has 0 spiro atoms. The zero-order valence-corrected chi connectivity index (χ0v) is 8.92. The second kappa shape index (κ2) is 5.02. The molecule has 1 unspecified atom stereocenters. The van der Waals surface area contributed by atoms with Gasteiger partial charge in [0.2, 0.25) is 5.91 Å². The van der Waals surface area contributed by atoms with Crippen LogP contribution in [0.1, 0.15) is 26.7 Å². The highest BCUT2D eigenvalue weighted by Crippen LogP contribution is 2.11. The maximum absolute atomic E-state index is 11.7. The first kappa shape index (κ1) is 11.1. The Morgan fingerprint density at radius 2 is 2.43 bits per heavy atom. The van der Waals surface area contributed by atoms with Gasteiger partial charge in [-0.2, -0.15) is 0 Å². The van der Waals surface area contributed by atoms with Crippen molar-refractivity contribution in [3.8, 4) is 12.3 Å². The normalized spacial score (nSPS) is 21.7. The zero-order chi connectivity index (χ0) is 10.6. The second-order valence-corrected chi connectivity index (χ2v) is 3.94. The number of hydrogen-bond acceptors (Lipinski definition) is 2. The van der Waals surface area contributed by atoms with Crippen LogP contribution in [0, 0.1) is 12.3 Å². The Bertz CT molecular complexity index is 242. The van der Waals surface area contributed by atoms with Crippen LogP contribution in [0.3, 0.4) is 0 Å². The number of nitrogens with zero attached hydrogens (tertiary/aromatic N) is 1. The third-order valence-corrected chi connectivity index (χ3v) is 2.36. The number of likely N-dealkylation sites (tertiary alicyclic amines) is 1. The molecule has 0 aromatic rings. The maximum atomic E-state index is 11.7.